The van der Waals surface area contributed by atoms with E-state index in [-0.39, 0.29) is 11.5 Å². The zero-order valence-corrected chi connectivity index (χ0v) is 40.4. The molecule has 0 unspecified atom stereocenters. The van der Waals surface area contributed by atoms with Gasteiger partial charge in [-0.15, -0.1) is 0 Å². The van der Waals surface area contributed by atoms with Gasteiger partial charge in [-0.25, -0.2) is 0 Å². The summed E-state index contributed by atoms with van der Waals surface area (Å²) in [5.41, 5.74) is 5.56. The molecule has 0 amide bonds. The van der Waals surface area contributed by atoms with Gasteiger partial charge in [0.2, 0.25) is 0 Å². The van der Waals surface area contributed by atoms with Crippen LogP contribution in [0, 0.1) is 0 Å². The summed E-state index contributed by atoms with van der Waals surface area (Å²) in [4.78, 5) is 0. The lowest BCUT2D eigenvalue weighted by molar-refractivity contribution is -0.883. The zero-order valence-electron chi connectivity index (χ0n) is 38.0. The standard InChI is InChI=1S/C40H26O2.C22H23Cl2NP/c41-39-35(31-19-17-25-9-1-3-11-27(25)21-31)23-29-13-5-7-15-33(29)37(39)38-34-16-8-6-14-30(34)24-36(40(38)42)32-20-18-26-10-2-4-12-28(26)22-32;1-25(2,3)16-17-6-4-5-7-22(17)26(20-12-8-18(23)9-13-20)21-14-10-19(24)11-15-21/h1-24,41-42H;4-15H,16H2,1-3H3/q;+1/p-1. The van der Waals surface area contributed by atoms with Crippen molar-refractivity contribution in [1.29, 1.82) is 0 Å². The molecule has 11 aromatic rings. The van der Waals surface area contributed by atoms with Gasteiger partial charge in [0.05, 0.1) is 21.1 Å². The number of hydrogen-bond acceptors (Lipinski definition) is 2. The lowest BCUT2D eigenvalue weighted by Gasteiger charge is -2.28. The van der Waals surface area contributed by atoms with Crippen molar-refractivity contribution in [3.05, 3.63) is 234 Å². The number of rotatable bonds is 8. The Kier molecular flexibility index (Phi) is 12.5. The molecule has 0 saturated carbocycles. The van der Waals surface area contributed by atoms with E-state index in [1.54, 1.807) is 0 Å². The molecule has 68 heavy (non-hydrogen) atoms. The maximum atomic E-state index is 14.6. The summed E-state index contributed by atoms with van der Waals surface area (Å²) in [5, 5.41) is 40.3. The van der Waals surface area contributed by atoms with Crippen LogP contribution in [-0.4, -0.2) is 30.7 Å². The van der Waals surface area contributed by atoms with Crippen molar-refractivity contribution in [2.45, 2.75) is 6.54 Å². The predicted octanol–water partition coefficient (Wildman–Crippen LogP) is 15.0. The first-order valence-electron chi connectivity index (χ1n) is 22.6. The van der Waals surface area contributed by atoms with Crippen molar-refractivity contribution < 1.29 is 14.7 Å². The second-order valence-corrected chi connectivity index (χ2v) is 21.3. The minimum absolute atomic E-state index is 0.0971. The first-order chi connectivity index (χ1) is 33.0. The van der Waals surface area contributed by atoms with Crippen LogP contribution in [-0.2, 0) is 6.54 Å². The van der Waals surface area contributed by atoms with Crippen molar-refractivity contribution in [1.82, 2.24) is 0 Å². The highest BCUT2D eigenvalue weighted by Gasteiger charge is 2.23. The molecule has 0 spiro atoms. The van der Waals surface area contributed by atoms with Gasteiger partial charge in [-0.3, -0.25) is 0 Å². The van der Waals surface area contributed by atoms with Crippen molar-refractivity contribution in [3.8, 4) is 44.9 Å². The summed E-state index contributed by atoms with van der Waals surface area (Å²) >= 11 is 12.3. The molecule has 0 aromatic heterocycles. The van der Waals surface area contributed by atoms with Crippen LogP contribution in [0.4, 0.5) is 0 Å². The lowest BCUT2D eigenvalue weighted by Crippen LogP contribution is -2.36. The molecule has 3 nitrogen and oxygen atoms in total. The van der Waals surface area contributed by atoms with E-state index in [0.29, 0.717) is 22.3 Å². The summed E-state index contributed by atoms with van der Waals surface area (Å²) in [6, 6.07) is 74.0. The normalized spacial score (nSPS) is 11.6. The molecule has 6 heteroatoms. The monoisotopic (exact) mass is 939 g/mol. The Morgan fingerprint density at radius 3 is 1.40 bits per heavy atom. The molecule has 0 aliphatic carbocycles. The highest BCUT2D eigenvalue weighted by atomic mass is 35.5. The summed E-state index contributed by atoms with van der Waals surface area (Å²) in [5.74, 6) is 0.0157. The summed E-state index contributed by atoms with van der Waals surface area (Å²) in [6.07, 6.45) is 0. The van der Waals surface area contributed by atoms with Gasteiger partial charge >= 0.3 is 0 Å². The second-order valence-electron chi connectivity index (χ2n) is 18.2. The smallest absolute Gasteiger partial charge is 0.131 e. The molecular formula is C62H48Cl2NO2P. The van der Waals surface area contributed by atoms with Crippen molar-refractivity contribution >= 4 is 90.1 Å². The fourth-order valence-corrected chi connectivity index (χ4v) is 12.0. The van der Waals surface area contributed by atoms with Crippen LogP contribution in [0.2, 0.25) is 10.0 Å². The van der Waals surface area contributed by atoms with E-state index >= 15 is 0 Å². The van der Waals surface area contributed by atoms with Gasteiger partial charge < -0.3 is 14.7 Å². The molecule has 1 N–H and O–H groups in total. The quantitative estimate of drug-likeness (QED) is 0.122. The first kappa shape index (κ1) is 44.8. The number of aromatic hydroxyl groups is 1. The number of quaternary nitrogens is 1. The van der Waals surface area contributed by atoms with Gasteiger partial charge in [0, 0.05) is 26.7 Å². The highest BCUT2D eigenvalue weighted by molar-refractivity contribution is 7.79. The predicted molar refractivity (Wildman–Crippen MR) is 291 cm³/mol. The SMILES string of the molecule is C[N+](C)(C)Cc1ccccc1P(c1ccc(Cl)cc1)c1ccc(Cl)cc1.[O-]c1c(-c2ccc3ccccc3c2)cc2ccccc2c1-c1c(O)c(-c2ccc3ccccc3c2)cc2ccccc12. The zero-order chi connectivity index (χ0) is 46.9. The molecule has 0 fully saturated rings. The Morgan fingerprint density at radius 1 is 0.441 bits per heavy atom. The Bertz CT molecular complexity index is 3430. The Balaban J connectivity index is 0.000000179. The van der Waals surface area contributed by atoms with Crippen LogP contribution in [0.3, 0.4) is 0 Å². The van der Waals surface area contributed by atoms with E-state index in [9.17, 15) is 10.2 Å². The Labute approximate surface area is 409 Å². The van der Waals surface area contributed by atoms with Gasteiger partial charge in [-0.05, 0) is 138 Å². The molecule has 332 valence electrons. The molecule has 11 rings (SSSR count). The maximum absolute atomic E-state index is 14.6. The van der Waals surface area contributed by atoms with E-state index in [1.165, 1.54) is 21.5 Å². The van der Waals surface area contributed by atoms with Crippen LogP contribution >= 0.6 is 31.1 Å². The maximum Gasteiger partial charge on any atom is 0.131 e. The van der Waals surface area contributed by atoms with Crippen molar-refractivity contribution in [3.63, 3.8) is 0 Å². The van der Waals surface area contributed by atoms with Gasteiger partial charge in [-0.2, -0.15) is 0 Å². The third-order valence-electron chi connectivity index (χ3n) is 12.4. The van der Waals surface area contributed by atoms with Gasteiger partial charge in [-0.1, -0.05) is 199 Å². The van der Waals surface area contributed by atoms with Crippen LogP contribution in [0.15, 0.2) is 218 Å². The van der Waals surface area contributed by atoms with Crippen LogP contribution in [0.25, 0.3) is 76.5 Å². The number of phenolic OH excluding ortho intramolecular Hbond substituents is 1. The fourth-order valence-electron chi connectivity index (χ4n) is 9.30. The average molecular weight is 941 g/mol. The second kappa shape index (κ2) is 19.0. The molecule has 0 aliphatic heterocycles. The molecule has 0 saturated heterocycles. The first-order valence-corrected chi connectivity index (χ1v) is 24.7. The Hall–Kier alpha value is -6.97. The average Bonchev–Trinajstić information content (AvgIpc) is 3.35. The molecule has 0 heterocycles. The molecule has 0 aliphatic rings. The largest absolute Gasteiger partial charge is 0.872 e. The summed E-state index contributed by atoms with van der Waals surface area (Å²) < 4.78 is 0.890. The number of phenols is 1. The van der Waals surface area contributed by atoms with Gasteiger partial charge in [0.15, 0.2) is 0 Å². The number of halogens is 2. The number of hydrogen-bond donors (Lipinski definition) is 1. The molecule has 0 atom stereocenters. The molecule has 0 bridgehead atoms. The minimum Gasteiger partial charge on any atom is -0.872 e. The van der Waals surface area contributed by atoms with Crippen LogP contribution in [0.5, 0.6) is 11.5 Å². The highest BCUT2D eigenvalue weighted by Crippen LogP contribution is 2.51. The Morgan fingerprint density at radius 2 is 0.868 bits per heavy atom. The minimum atomic E-state index is -0.672. The topological polar surface area (TPSA) is 43.3 Å². The van der Waals surface area contributed by atoms with E-state index < -0.39 is 7.92 Å². The van der Waals surface area contributed by atoms with E-state index in [2.05, 4.69) is 118 Å². The van der Waals surface area contributed by atoms with Crippen molar-refractivity contribution in [2.75, 3.05) is 21.1 Å². The summed E-state index contributed by atoms with van der Waals surface area (Å²) in [7, 11) is 6.01. The molecular weight excluding hydrogens is 893 g/mol. The fraction of sp³-hybridized carbons (Fsp3) is 0.0645. The lowest BCUT2D eigenvalue weighted by atomic mass is 9.86. The van der Waals surface area contributed by atoms with E-state index in [0.717, 1.165) is 75.3 Å². The third kappa shape index (κ3) is 9.20. The van der Waals surface area contributed by atoms with E-state index in [1.807, 2.05) is 121 Å². The number of fused-ring (bicyclic) bond motifs is 4. The van der Waals surface area contributed by atoms with Crippen molar-refractivity contribution in [2.24, 2.45) is 0 Å². The summed E-state index contributed by atoms with van der Waals surface area (Å²) in [6.45, 7) is 0.982. The van der Waals surface area contributed by atoms with Gasteiger partial charge in [0.25, 0.3) is 0 Å². The number of benzene rings is 11. The van der Waals surface area contributed by atoms with Gasteiger partial charge in [0.1, 0.15) is 12.3 Å². The number of nitrogens with zero attached hydrogens (tertiary/aromatic N) is 1. The van der Waals surface area contributed by atoms with Crippen LogP contribution in [0.1, 0.15) is 5.56 Å². The van der Waals surface area contributed by atoms with Crippen LogP contribution < -0.4 is 21.0 Å². The van der Waals surface area contributed by atoms with E-state index in [4.69, 9.17) is 23.2 Å². The molecule has 11 aromatic carbocycles. The molecule has 0 radical (unpaired) electrons. The third-order valence-corrected chi connectivity index (χ3v) is 15.5.